The minimum Gasteiger partial charge on any atom is -0.493 e. The third kappa shape index (κ3) is 7.14. The van der Waals surface area contributed by atoms with Crippen LogP contribution in [0, 0.1) is 0 Å². The van der Waals surface area contributed by atoms with Crippen LogP contribution in [0.2, 0.25) is 0 Å². The molecule has 0 atom stereocenters. The molecule has 0 radical (unpaired) electrons. The van der Waals surface area contributed by atoms with Crippen LogP contribution in [0.15, 0.2) is 48.6 Å². The van der Waals surface area contributed by atoms with E-state index >= 15 is 0 Å². The first-order valence-electron chi connectivity index (χ1n) is 10.1. The molecule has 0 amide bonds. The van der Waals surface area contributed by atoms with Crippen molar-refractivity contribution in [2.45, 2.75) is 6.92 Å². The predicted octanol–water partition coefficient (Wildman–Crippen LogP) is 4.36. The smallest absolute Gasteiger partial charge is 0.321 e. The third-order valence-electron chi connectivity index (χ3n) is 4.42. The highest BCUT2D eigenvalue weighted by Crippen LogP contribution is 2.38. The fraction of sp³-hybridized carbons (Fsp3) is 0.240. The summed E-state index contributed by atoms with van der Waals surface area (Å²) in [5.41, 5.74) is 0.941. The molecule has 0 saturated carbocycles. The molecule has 0 aliphatic heterocycles. The van der Waals surface area contributed by atoms with E-state index in [1.165, 1.54) is 52.7 Å². The minimum atomic E-state index is -0.640. The molecular weight excluding hydrogens is 460 g/mol. The summed E-state index contributed by atoms with van der Waals surface area (Å²) in [6.07, 6.45) is 5.93. The SMILES string of the molecule is CC=CC(=O)SCC(=O)Oc1cc(C(=O)C=Cc2cc(OC)c(OC)c(OC)c2)ccc1OC. The van der Waals surface area contributed by atoms with Gasteiger partial charge in [-0.1, -0.05) is 23.9 Å². The fourth-order valence-electron chi connectivity index (χ4n) is 2.84. The van der Waals surface area contributed by atoms with Gasteiger partial charge < -0.3 is 23.7 Å². The highest BCUT2D eigenvalue weighted by Gasteiger charge is 2.15. The Morgan fingerprint density at radius 1 is 0.824 bits per heavy atom. The van der Waals surface area contributed by atoms with Gasteiger partial charge >= 0.3 is 5.97 Å². The quantitative estimate of drug-likeness (QED) is 0.199. The summed E-state index contributed by atoms with van der Waals surface area (Å²) in [6, 6.07) is 7.92. The topological polar surface area (TPSA) is 97.4 Å². The lowest BCUT2D eigenvalue weighted by Crippen LogP contribution is -2.13. The van der Waals surface area contributed by atoms with Crippen LogP contribution in [0.1, 0.15) is 22.8 Å². The molecule has 0 aliphatic carbocycles. The Kier molecular flexibility index (Phi) is 10.2. The summed E-state index contributed by atoms with van der Waals surface area (Å²) in [5, 5.41) is -0.257. The summed E-state index contributed by atoms with van der Waals surface area (Å²) in [4.78, 5) is 36.4. The molecule has 2 rings (SSSR count). The maximum atomic E-state index is 12.8. The first-order chi connectivity index (χ1) is 16.4. The molecule has 0 saturated heterocycles. The summed E-state index contributed by atoms with van der Waals surface area (Å²) >= 11 is 0.818. The van der Waals surface area contributed by atoms with E-state index in [1.807, 2.05) is 0 Å². The summed E-state index contributed by atoms with van der Waals surface area (Å²) < 4.78 is 26.5. The van der Waals surface area contributed by atoms with Gasteiger partial charge in [-0.15, -0.1) is 0 Å². The van der Waals surface area contributed by atoms with Gasteiger partial charge in [0.2, 0.25) is 10.9 Å². The highest BCUT2D eigenvalue weighted by atomic mass is 32.2. The second kappa shape index (κ2) is 13.1. The van der Waals surface area contributed by atoms with Crippen molar-refractivity contribution in [1.82, 2.24) is 0 Å². The number of benzene rings is 2. The predicted molar refractivity (Wildman–Crippen MR) is 130 cm³/mol. The third-order valence-corrected chi connectivity index (χ3v) is 5.22. The number of carbonyl (C=O) groups excluding carboxylic acids is 3. The van der Waals surface area contributed by atoms with Crippen LogP contribution in [-0.4, -0.2) is 51.1 Å². The number of carbonyl (C=O) groups is 3. The van der Waals surface area contributed by atoms with Gasteiger partial charge in [0, 0.05) is 5.56 Å². The van der Waals surface area contributed by atoms with Gasteiger partial charge in [0.25, 0.3) is 0 Å². The monoisotopic (exact) mass is 486 g/mol. The molecule has 2 aromatic carbocycles. The summed E-state index contributed by atoms with van der Waals surface area (Å²) in [5.74, 6) is 0.579. The first-order valence-corrected chi connectivity index (χ1v) is 11.1. The normalized spacial score (nSPS) is 10.9. The molecule has 8 nitrogen and oxygen atoms in total. The number of thioether (sulfide) groups is 1. The van der Waals surface area contributed by atoms with Gasteiger partial charge in [-0.05, 0) is 55.0 Å². The van der Waals surface area contributed by atoms with Crippen molar-refractivity contribution in [2.24, 2.45) is 0 Å². The molecule has 0 aliphatic rings. The molecule has 0 unspecified atom stereocenters. The molecule has 0 fully saturated rings. The Hall–Kier alpha value is -3.72. The second-order valence-corrected chi connectivity index (χ2v) is 7.58. The zero-order valence-electron chi connectivity index (χ0n) is 19.6. The number of methoxy groups -OCH3 is 4. The largest absolute Gasteiger partial charge is 0.493 e. The van der Waals surface area contributed by atoms with Crippen LogP contribution in [0.4, 0.5) is 0 Å². The van der Waals surface area contributed by atoms with Crippen LogP contribution in [0.5, 0.6) is 28.7 Å². The molecule has 0 aromatic heterocycles. The average Bonchev–Trinajstić information content (AvgIpc) is 2.85. The lowest BCUT2D eigenvalue weighted by Gasteiger charge is -2.12. The zero-order chi connectivity index (χ0) is 25.1. The van der Waals surface area contributed by atoms with Crippen LogP contribution >= 0.6 is 11.8 Å². The standard InChI is InChI=1S/C25H26O8S/c1-6-7-24(28)34-15-23(27)33-20-14-17(9-11-19(20)29-2)18(26)10-8-16-12-21(30-3)25(32-5)22(13-16)31-4/h6-14H,15H2,1-5H3. The number of hydrogen-bond donors (Lipinski definition) is 0. The molecule has 0 spiro atoms. The van der Waals surface area contributed by atoms with Crippen LogP contribution in [0.25, 0.3) is 6.08 Å². The molecular formula is C25H26O8S. The minimum absolute atomic E-state index is 0.0821. The molecule has 34 heavy (non-hydrogen) atoms. The van der Waals surface area contributed by atoms with Crippen LogP contribution < -0.4 is 23.7 Å². The number of hydrogen-bond acceptors (Lipinski definition) is 9. The van der Waals surface area contributed by atoms with E-state index in [1.54, 1.807) is 37.3 Å². The second-order valence-electron chi connectivity index (χ2n) is 6.60. The molecule has 0 N–H and O–H groups in total. The van der Waals surface area contributed by atoms with Crippen molar-refractivity contribution in [3.63, 3.8) is 0 Å². The van der Waals surface area contributed by atoms with E-state index in [-0.39, 0.29) is 33.7 Å². The van der Waals surface area contributed by atoms with Gasteiger partial charge in [-0.25, -0.2) is 0 Å². The molecule has 2 aromatic rings. The number of ether oxygens (including phenoxy) is 5. The van der Waals surface area contributed by atoms with E-state index in [9.17, 15) is 14.4 Å². The first kappa shape index (κ1) is 26.5. The summed E-state index contributed by atoms with van der Waals surface area (Å²) in [7, 11) is 5.94. The van der Waals surface area contributed by atoms with Gasteiger partial charge in [0.1, 0.15) is 0 Å². The van der Waals surface area contributed by atoms with E-state index in [0.29, 0.717) is 22.8 Å². The number of allylic oxidation sites excluding steroid dienone is 2. The lowest BCUT2D eigenvalue weighted by atomic mass is 10.1. The average molecular weight is 487 g/mol. The van der Waals surface area contributed by atoms with Crippen molar-refractivity contribution in [1.29, 1.82) is 0 Å². The number of ketones is 1. The molecule has 0 bridgehead atoms. The Balaban J connectivity index is 2.21. The van der Waals surface area contributed by atoms with Gasteiger partial charge in [-0.3, -0.25) is 14.4 Å². The van der Waals surface area contributed by atoms with Crippen molar-refractivity contribution in [2.75, 3.05) is 34.2 Å². The van der Waals surface area contributed by atoms with Crippen LogP contribution in [0.3, 0.4) is 0 Å². The van der Waals surface area contributed by atoms with Crippen molar-refractivity contribution >= 4 is 34.7 Å². The maximum absolute atomic E-state index is 12.8. The van der Waals surface area contributed by atoms with Crippen molar-refractivity contribution in [3.8, 4) is 28.7 Å². The Morgan fingerprint density at radius 2 is 1.47 bits per heavy atom. The fourth-order valence-corrected chi connectivity index (χ4v) is 3.39. The zero-order valence-corrected chi connectivity index (χ0v) is 20.4. The van der Waals surface area contributed by atoms with E-state index < -0.39 is 5.97 Å². The highest BCUT2D eigenvalue weighted by molar-refractivity contribution is 8.14. The van der Waals surface area contributed by atoms with Crippen LogP contribution in [-0.2, 0) is 9.59 Å². The van der Waals surface area contributed by atoms with E-state index in [4.69, 9.17) is 23.7 Å². The maximum Gasteiger partial charge on any atom is 0.321 e. The van der Waals surface area contributed by atoms with Gasteiger partial charge in [0.05, 0.1) is 34.2 Å². The molecule has 9 heteroatoms. The van der Waals surface area contributed by atoms with E-state index in [0.717, 1.165) is 11.8 Å². The van der Waals surface area contributed by atoms with Crippen molar-refractivity contribution in [3.05, 3.63) is 59.7 Å². The number of esters is 1. The Morgan fingerprint density at radius 3 is 2.03 bits per heavy atom. The van der Waals surface area contributed by atoms with Crippen molar-refractivity contribution < 1.29 is 38.1 Å². The Bertz CT molecular complexity index is 1080. The van der Waals surface area contributed by atoms with E-state index in [2.05, 4.69) is 0 Å². The lowest BCUT2D eigenvalue weighted by molar-refractivity contribution is -0.131. The summed E-state index contributed by atoms with van der Waals surface area (Å²) in [6.45, 7) is 1.71. The van der Waals surface area contributed by atoms with Gasteiger partial charge in [-0.2, -0.15) is 0 Å². The Labute approximate surface area is 202 Å². The molecule has 0 heterocycles. The molecule has 180 valence electrons. The van der Waals surface area contributed by atoms with Gasteiger partial charge in [0.15, 0.2) is 28.8 Å². The number of rotatable bonds is 11.